The van der Waals surface area contributed by atoms with Crippen molar-refractivity contribution < 1.29 is 9.53 Å². The predicted octanol–water partition coefficient (Wildman–Crippen LogP) is 1.69. The summed E-state index contributed by atoms with van der Waals surface area (Å²) >= 11 is 0. The largest absolute Gasteiger partial charge is 0.380 e. The summed E-state index contributed by atoms with van der Waals surface area (Å²) in [7, 11) is 0. The third-order valence-corrected chi connectivity index (χ3v) is 3.53. The van der Waals surface area contributed by atoms with Crippen molar-refractivity contribution in [3.63, 3.8) is 0 Å². The number of carbonyl (C=O) groups is 1. The molecule has 0 saturated heterocycles. The Morgan fingerprint density at radius 3 is 2.78 bits per heavy atom. The third-order valence-electron chi connectivity index (χ3n) is 3.53. The van der Waals surface area contributed by atoms with Crippen LogP contribution in [0.25, 0.3) is 0 Å². The summed E-state index contributed by atoms with van der Waals surface area (Å²) in [6, 6.07) is 3.45. The van der Waals surface area contributed by atoms with Crippen LogP contribution in [0.3, 0.4) is 0 Å². The molecule has 1 aromatic carbocycles. The van der Waals surface area contributed by atoms with Crippen LogP contribution in [0.5, 0.6) is 0 Å². The molecule has 1 unspecified atom stereocenters. The average molecular weight is 248 g/mol. The number of rotatable bonds is 4. The second-order valence-electron chi connectivity index (χ2n) is 4.61. The maximum absolute atomic E-state index is 12.2. The highest BCUT2D eigenvalue weighted by Crippen LogP contribution is 2.38. The first-order chi connectivity index (χ1) is 8.57. The topological polar surface area (TPSA) is 55.6 Å². The third kappa shape index (κ3) is 2.02. The number of hydrogen-bond donors (Lipinski definition) is 1. The van der Waals surface area contributed by atoms with Gasteiger partial charge in [-0.25, -0.2) is 0 Å². The molecule has 1 aliphatic heterocycles. The Morgan fingerprint density at radius 2 is 2.11 bits per heavy atom. The molecule has 4 heteroatoms. The molecule has 1 heterocycles. The highest BCUT2D eigenvalue weighted by atomic mass is 16.5. The number of nitrogens with two attached hydrogens (primary N) is 1. The molecule has 0 saturated carbocycles. The molecule has 0 spiro atoms. The van der Waals surface area contributed by atoms with Gasteiger partial charge in [0.1, 0.15) is 6.04 Å². The Bertz CT molecular complexity index is 471. The van der Waals surface area contributed by atoms with Gasteiger partial charge in [0.25, 0.3) is 0 Å². The van der Waals surface area contributed by atoms with Crippen LogP contribution in [-0.4, -0.2) is 25.7 Å². The molecule has 1 aliphatic rings. The van der Waals surface area contributed by atoms with Gasteiger partial charge in [-0.1, -0.05) is 12.1 Å². The Hall–Kier alpha value is -1.39. The maximum Gasteiger partial charge on any atom is 0.248 e. The number of benzene rings is 1. The lowest BCUT2D eigenvalue weighted by Gasteiger charge is -2.20. The summed E-state index contributed by atoms with van der Waals surface area (Å²) in [5.41, 5.74) is 10.2. The van der Waals surface area contributed by atoms with E-state index < -0.39 is 6.04 Å². The number of aryl methyl sites for hydroxylation is 1. The lowest BCUT2D eigenvalue weighted by molar-refractivity contribution is -0.119. The molecular weight excluding hydrogens is 228 g/mol. The van der Waals surface area contributed by atoms with Crippen molar-refractivity contribution in [3.05, 3.63) is 28.8 Å². The zero-order valence-electron chi connectivity index (χ0n) is 11.2. The molecule has 4 nitrogen and oxygen atoms in total. The fourth-order valence-corrected chi connectivity index (χ4v) is 2.36. The normalized spacial score (nSPS) is 18.3. The minimum Gasteiger partial charge on any atom is -0.380 e. The molecule has 1 aromatic rings. The van der Waals surface area contributed by atoms with E-state index in [1.807, 2.05) is 32.9 Å². The summed E-state index contributed by atoms with van der Waals surface area (Å²) in [6.07, 6.45) is 0. The number of carbonyl (C=O) groups excluding carboxylic acids is 1. The fourth-order valence-electron chi connectivity index (χ4n) is 2.36. The summed E-state index contributed by atoms with van der Waals surface area (Å²) in [6.45, 7) is 7.80. The molecule has 2 rings (SSSR count). The number of ether oxygens (including phenoxy) is 1. The van der Waals surface area contributed by atoms with Crippen LogP contribution in [-0.2, 0) is 9.53 Å². The van der Waals surface area contributed by atoms with Crippen molar-refractivity contribution in [2.24, 2.45) is 5.73 Å². The SMILES string of the molecule is CCOCCN1C(=O)C(N)c2ccc(C)c(C)c21. The van der Waals surface area contributed by atoms with E-state index in [9.17, 15) is 4.79 Å². The first kappa shape index (κ1) is 13.1. The van der Waals surface area contributed by atoms with Crippen LogP contribution in [0.2, 0.25) is 0 Å². The van der Waals surface area contributed by atoms with E-state index >= 15 is 0 Å². The van der Waals surface area contributed by atoms with Gasteiger partial charge >= 0.3 is 0 Å². The average Bonchev–Trinajstić information content (AvgIpc) is 2.60. The van der Waals surface area contributed by atoms with Crippen LogP contribution >= 0.6 is 0 Å². The zero-order valence-corrected chi connectivity index (χ0v) is 11.2. The van der Waals surface area contributed by atoms with Gasteiger partial charge in [0.05, 0.1) is 12.3 Å². The lowest BCUT2D eigenvalue weighted by Crippen LogP contribution is -2.34. The molecule has 0 bridgehead atoms. The molecule has 0 radical (unpaired) electrons. The standard InChI is InChI=1S/C14H20N2O2/c1-4-18-8-7-16-13-10(3)9(2)5-6-11(13)12(15)14(16)17/h5-6,12H,4,7-8,15H2,1-3H3. The molecule has 2 N–H and O–H groups in total. The highest BCUT2D eigenvalue weighted by Gasteiger charge is 2.35. The van der Waals surface area contributed by atoms with Crippen molar-refractivity contribution in [2.75, 3.05) is 24.7 Å². The second kappa shape index (κ2) is 5.08. The molecular formula is C14H20N2O2. The monoisotopic (exact) mass is 248 g/mol. The summed E-state index contributed by atoms with van der Waals surface area (Å²) in [5, 5.41) is 0. The second-order valence-corrected chi connectivity index (χ2v) is 4.61. The van der Waals surface area contributed by atoms with Gasteiger partial charge in [-0.2, -0.15) is 0 Å². The smallest absolute Gasteiger partial charge is 0.248 e. The van der Waals surface area contributed by atoms with E-state index in [0.29, 0.717) is 19.8 Å². The predicted molar refractivity (Wildman–Crippen MR) is 71.7 cm³/mol. The Labute approximate surface area is 108 Å². The minimum atomic E-state index is -0.527. The molecule has 0 aromatic heterocycles. The van der Waals surface area contributed by atoms with E-state index in [2.05, 4.69) is 0 Å². The number of nitrogens with zero attached hydrogens (tertiary/aromatic N) is 1. The molecule has 0 fully saturated rings. The van der Waals surface area contributed by atoms with E-state index in [4.69, 9.17) is 10.5 Å². The fraction of sp³-hybridized carbons (Fsp3) is 0.500. The minimum absolute atomic E-state index is 0.0293. The molecule has 1 amide bonds. The quantitative estimate of drug-likeness (QED) is 0.825. The van der Waals surface area contributed by atoms with E-state index in [1.165, 1.54) is 5.56 Å². The summed E-state index contributed by atoms with van der Waals surface area (Å²) in [4.78, 5) is 13.9. The highest BCUT2D eigenvalue weighted by molar-refractivity contribution is 6.05. The van der Waals surface area contributed by atoms with Crippen molar-refractivity contribution in [1.29, 1.82) is 0 Å². The van der Waals surface area contributed by atoms with E-state index in [-0.39, 0.29) is 5.91 Å². The van der Waals surface area contributed by atoms with E-state index in [1.54, 1.807) is 4.90 Å². The van der Waals surface area contributed by atoms with Gasteiger partial charge < -0.3 is 15.4 Å². The first-order valence-electron chi connectivity index (χ1n) is 6.32. The van der Waals surface area contributed by atoms with Crippen molar-refractivity contribution in [1.82, 2.24) is 0 Å². The van der Waals surface area contributed by atoms with Crippen LogP contribution in [0.1, 0.15) is 29.7 Å². The molecule has 1 atom stereocenters. The molecule has 18 heavy (non-hydrogen) atoms. The number of hydrogen-bond acceptors (Lipinski definition) is 3. The number of amides is 1. The Kier molecular flexibility index (Phi) is 3.68. The van der Waals surface area contributed by atoms with Gasteiger partial charge in [-0.3, -0.25) is 4.79 Å². The lowest BCUT2D eigenvalue weighted by atomic mass is 10.0. The van der Waals surface area contributed by atoms with Crippen molar-refractivity contribution in [2.45, 2.75) is 26.8 Å². The van der Waals surface area contributed by atoms with Gasteiger partial charge in [0.2, 0.25) is 5.91 Å². The number of fused-ring (bicyclic) bond motifs is 1. The molecule has 0 aliphatic carbocycles. The first-order valence-corrected chi connectivity index (χ1v) is 6.32. The molecule has 98 valence electrons. The van der Waals surface area contributed by atoms with Crippen molar-refractivity contribution >= 4 is 11.6 Å². The Balaban J connectivity index is 2.34. The maximum atomic E-state index is 12.2. The summed E-state index contributed by atoms with van der Waals surface area (Å²) < 4.78 is 5.33. The van der Waals surface area contributed by atoms with Crippen molar-refractivity contribution in [3.8, 4) is 0 Å². The number of anilines is 1. The summed E-state index contributed by atoms with van der Waals surface area (Å²) in [5.74, 6) is -0.0293. The Morgan fingerprint density at radius 1 is 1.39 bits per heavy atom. The van der Waals surface area contributed by atoms with Gasteiger partial charge in [0, 0.05) is 18.7 Å². The van der Waals surface area contributed by atoms with Gasteiger partial charge in [-0.05, 0) is 31.9 Å². The van der Waals surface area contributed by atoms with Crippen LogP contribution < -0.4 is 10.6 Å². The van der Waals surface area contributed by atoms with Crippen LogP contribution in [0.15, 0.2) is 12.1 Å². The van der Waals surface area contributed by atoms with E-state index in [0.717, 1.165) is 16.8 Å². The van der Waals surface area contributed by atoms with Gasteiger partial charge in [-0.15, -0.1) is 0 Å². The van der Waals surface area contributed by atoms with Crippen LogP contribution in [0.4, 0.5) is 5.69 Å². The zero-order chi connectivity index (χ0) is 13.3. The van der Waals surface area contributed by atoms with Crippen LogP contribution in [0, 0.1) is 13.8 Å². The van der Waals surface area contributed by atoms with Gasteiger partial charge in [0.15, 0.2) is 0 Å².